The Morgan fingerprint density at radius 2 is 1.85 bits per heavy atom. The predicted molar refractivity (Wildman–Crippen MR) is 103 cm³/mol. The minimum absolute atomic E-state index is 0.0424. The minimum atomic E-state index is -0.337. The van der Waals surface area contributed by atoms with Gasteiger partial charge in [0.15, 0.2) is 6.04 Å². The van der Waals surface area contributed by atoms with Crippen LogP contribution in [-0.2, 0) is 4.79 Å². The summed E-state index contributed by atoms with van der Waals surface area (Å²) in [6.07, 6.45) is 0. The third-order valence-corrected chi connectivity index (χ3v) is 5.76. The van der Waals surface area contributed by atoms with E-state index in [0.717, 1.165) is 0 Å². The number of carbonyl (C=O) groups excluding carboxylic acids is 2. The number of hydrogen-bond acceptors (Lipinski definition) is 3. The molecule has 0 bridgehead atoms. The molecule has 1 aliphatic rings. The Bertz CT molecular complexity index is 756. The zero-order valence-electron chi connectivity index (χ0n) is 15.4. The van der Waals surface area contributed by atoms with Crippen molar-refractivity contribution in [2.45, 2.75) is 38.8 Å². The van der Waals surface area contributed by atoms with Crippen LogP contribution in [0.15, 0.2) is 41.8 Å². The van der Waals surface area contributed by atoms with Gasteiger partial charge in [-0.15, -0.1) is 11.3 Å². The summed E-state index contributed by atoms with van der Waals surface area (Å²) in [6, 6.07) is 12.2. The van der Waals surface area contributed by atoms with Crippen LogP contribution in [0.1, 0.15) is 48.7 Å². The predicted octanol–water partition coefficient (Wildman–Crippen LogP) is 2.46. The molecule has 138 valence electrons. The molecular weight excluding hydrogens is 346 g/mol. The highest BCUT2D eigenvalue weighted by molar-refractivity contribution is 7.10. The Balaban J connectivity index is 1.80. The monoisotopic (exact) mass is 372 g/mol. The van der Waals surface area contributed by atoms with Crippen LogP contribution in [-0.4, -0.2) is 36.0 Å². The Kier molecular flexibility index (Phi) is 5.74. The SMILES string of the molecule is CC(C)c1ccc([C@H]([NH2+][C@@H](C)C(=O)N2CCNC2=O)c2cccs2)cc1. The van der Waals surface area contributed by atoms with Gasteiger partial charge < -0.3 is 10.6 Å². The third-order valence-electron chi connectivity index (χ3n) is 4.81. The summed E-state index contributed by atoms with van der Waals surface area (Å²) in [4.78, 5) is 27.0. The molecule has 2 aromatic rings. The van der Waals surface area contributed by atoms with E-state index < -0.39 is 0 Å². The summed E-state index contributed by atoms with van der Waals surface area (Å²) < 4.78 is 0. The molecule has 26 heavy (non-hydrogen) atoms. The van der Waals surface area contributed by atoms with E-state index in [0.29, 0.717) is 19.0 Å². The maximum Gasteiger partial charge on any atom is 0.324 e. The number of carbonyl (C=O) groups is 2. The molecule has 0 unspecified atom stereocenters. The largest absolute Gasteiger partial charge is 0.336 e. The van der Waals surface area contributed by atoms with Crippen molar-refractivity contribution in [3.05, 3.63) is 57.8 Å². The van der Waals surface area contributed by atoms with Gasteiger partial charge in [0.05, 0.1) is 4.88 Å². The van der Waals surface area contributed by atoms with Crippen molar-refractivity contribution in [3.8, 4) is 0 Å². The van der Waals surface area contributed by atoms with Gasteiger partial charge in [0, 0.05) is 18.7 Å². The van der Waals surface area contributed by atoms with Crippen molar-refractivity contribution in [3.63, 3.8) is 0 Å². The lowest BCUT2D eigenvalue weighted by Crippen LogP contribution is -2.92. The summed E-state index contributed by atoms with van der Waals surface area (Å²) >= 11 is 1.69. The van der Waals surface area contributed by atoms with Crippen LogP contribution in [0.3, 0.4) is 0 Å². The Labute approximate surface area is 158 Å². The zero-order valence-corrected chi connectivity index (χ0v) is 16.3. The number of nitrogens with two attached hydrogens (primary N) is 1. The van der Waals surface area contributed by atoms with Gasteiger partial charge in [-0.2, -0.15) is 0 Å². The van der Waals surface area contributed by atoms with Gasteiger partial charge in [-0.1, -0.05) is 44.2 Å². The summed E-state index contributed by atoms with van der Waals surface area (Å²) in [5, 5.41) is 6.80. The smallest absolute Gasteiger partial charge is 0.324 e. The normalized spacial score (nSPS) is 16.6. The van der Waals surface area contributed by atoms with Crippen molar-refractivity contribution in [1.82, 2.24) is 10.2 Å². The third kappa shape index (κ3) is 3.97. The first kappa shape index (κ1) is 18.6. The fourth-order valence-electron chi connectivity index (χ4n) is 3.23. The van der Waals surface area contributed by atoms with E-state index in [9.17, 15) is 9.59 Å². The second-order valence-corrected chi connectivity index (χ2v) is 8.00. The van der Waals surface area contributed by atoms with E-state index >= 15 is 0 Å². The Morgan fingerprint density at radius 1 is 1.15 bits per heavy atom. The van der Waals surface area contributed by atoms with E-state index in [4.69, 9.17) is 0 Å². The van der Waals surface area contributed by atoms with Crippen LogP contribution in [0.4, 0.5) is 4.79 Å². The fraction of sp³-hybridized carbons (Fsp3) is 0.400. The Hall–Kier alpha value is -2.18. The van der Waals surface area contributed by atoms with Crippen LogP contribution in [0.2, 0.25) is 0 Å². The highest BCUT2D eigenvalue weighted by atomic mass is 32.1. The number of urea groups is 1. The lowest BCUT2D eigenvalue weighted by molar-refractivity contribution is -0.704. The summed E-state index contributed by atoms with van der Waals surface area (Å²) in [5.74, 6) is 0.350. The molecule has 1 aliphatic heterocycles. The van der Waals surface area contributed by atoms with Gasteiger partial charge in [-0.3, -0.25) is 9.69 Å². The molecule has 6 heteroatoms. The van der Waals surface area contributed by atoms with Crippen molar-refractivity contribution in [1.29, 1.82) is 0 Å². The van der Waals surface area contributed by atoms with Crippen LogP contribution in [0.25, 0.3) is 0 Å². The van der Waals surface area contributed by atoms with E-state index in [1.54, 1.807) is 11.3 Å². The second kappa shape index (κ2) is 8.01. The fourth-order valence-corrected chi connectivity index (χ4v) is 4.06. The van der Waals surface area contributed by atoms with E-state index in [2.05, 4.69) is 60.2 Å². The summed E-state index contributed by atoms with van der Waals surface area (Å²) in [6.45, 7) is 7.21. The first-order chi connectivity index (χ1) is 12.5. The molecule has 3 N–H and O–H groups in total. The summed E-state index contributed by atoms with van der Waals surface area (Å²) in [7, 11) is 0. The van der Waals surface area contributed by atoms with Gasteiger partial charge in [0.2, 0.25) is 0 Å². The van der Waals surface area contributed by atoms with Crippen molar-refractivity contribution in [2.75, 3.05) is 13.1 Å². The molecule has 2 atom stereocenters. The molecule has 5 nitrogen and oxygen atoms in total. The van der Waals surface area contributed by atoms with Crippen LogP contribution in [0.5, 0.6) is 0 Å². The molecule has 1 saturated heterocycles. The van der Waals surface area contributed by atoms with Crippen molar-refractivity contribution in [2.24, 2.45) is 0 Å². The molecule has 0 radical (unpaired) electrons. The van der Waals surface area contributed by atoms with Gasteiger partial charge in [0.1, 0.15) is 6.04 Å². The number of hydrogen-bond donors (Lipinski definition) is 2. The lowest BCUT2D eigenvalue weighted by Gasteiger charge is -2.22. The van der Waals surface area contributed by atoms with Gasteiger partial charge in [-0.25, -0.2) is 4.79 Å². The van der Waals surface area contributed by atoms with Gasteiger partial charge in [-0.05, 0) is 29.9 Å². The number of thiophene rings is 1. The quantitative estimate of drug-likeness (QED) is 0.818. The van der Waals surface area contributed by atoms with Crippen molar-refractivity contribution < 1.29 is 14.9 Å². The molecule has 1 fully saturated rings. The standard InChI is InChI=1S/C20H25N3O2S/c1-13(2)15-6-8-16(9-7-15)18(17-5-4-12-26-17)22-14(3)19(24)23-11-10-21-20(23)25/h4-9,12-14,18,22H,10-11H2,1-3H3,(H,21,25)/p+1/t14-,18-/m0/s1. The van der Waals surface area contributed by atoms with Gasteiger partial charge >= 0.3 is 6.03 Å². The average Bonchev–Trinajstić information content (AvgIpc) is 3.30. The first-order valence-corrected chi connectivity index (χ1v) is 9.92. The highest BCUT2D eigenvalue weighted by Crippen LogP contribution is 2.25. The molecule has 0 spiro atoms. The number of nitrogens with one attached hydrogen (secondary N) is 1. The highest BCUT2D eigenvalue weighted by Gasteiger charge is 2.33. The zero-order chi connectivity index (χ0) is 18.7. The minimum Gasteiger partial charge on any atom is -0.336 e. The number of imide groups is 1. The average molecular weight is 373 g/mol. The number of quaternary nitrogens is 1. The molecule has 0 aliphatic carbocycles. The van der Waals surface area contributed by atoms with Gasteiger partial charge in [0.25, 0.3) is 5.91 Å². The molecule has 3 rings (SSSR count). The van der Waals surface area contributed by atoms with Crippen LogP contribution < -0.4 is 10.6 Å². The first-order valence-electron chi connectivity index (χ1n) is 9.05. The second-order valence-electron chi connectivity index (χ2n) is 7.02. The molecule has 2 heterocycles. The maximum atomic E-state index is 12.7. The number of benzene rings is 1. The molecular formula is C20H26N3O2S+. The topological polar surface area (TPSA) is 66.0 Å². The number of nitrogens with zero attached hydrogens (tertiary/aromatic N) is 1. The Morgan fingerprint density at radius 3 is 2.38 bits per heavy atom. The molecule has 0 saturated carbocycles. The van der Waals surface area contributed by atoms with E-state index in [-0.39, 0.29) is 24.0 Å². The number of rotatable bonds is 6. The van der Waals surface area contributed by atoms with E-state index in [1.807, 2.05) is 13.0 Å². The van der Waals surface area contributed by atoms with E-state index in [1.165, 1.54) is 20.9 Å². The maximum absolute atomic E-state index is 12.7. The number of amides is 3. The van der Waals surface area contributed by atoms with Crippen molar-refractivity contribution >= 4 is 23.3 Å². The molecule has 1 aromatic carbocycles. The van der Waals surface area contributed by atoms with Crippen LogP contribution in [0, 0.1) is 0 Å². The molecule has 3 amide bonds. The van der Waals surface area contributed by atoms with Crippen LogP contribution >= 0.6 is 11.3 Å². The molecule has 1 aromatic heterocycles. The lowest BCUT2D eigenvalue weighted by atomic mass is 9.98. The summed E-state index contributed by atoms with van der Waals surface area (Å²) in [5.41, 5.74) is 2.47.